The van der Waals surface area contributed by atoms with Crippen LogP contribution in [0.1, 0.15) is 39.7 Å². The highest BCUT2D eigenvalue weighted by Gasteiger charge is 2.45. The molecule has 1 aromatic carbocycles. The van der Waals surface area contributed by atoms with Gasteiger partial charge < -0.3 is 25.2 Å². The number of carbonyl (C=O) groups excluding carboxylic acids is 2. The minimum absolute atomic E-state index is 0.0791. The molecule has 0 fully saturated rings. The van der Waals surface area contributed by atoms with E-state index < -0.39 is 41.3 Å². The van der Waals surface area contributed by atoms with Crippen molar-refractivity contribution in [2.75, 3.05) is 0 Å². The monoisotopic (exact) mass is 404 g/mol. The Morgan fingerprint density at radius 2 is 1.76 bits per heavy atom. The molecule has 0 unspecified atom stereocenters. The summed E-state index contributed by atoms with van der Waals surface area (Å²) in [7, 11) is 0. The number of carboxylic acids is 1. The van der Waals surface area contributed by atoms with Crippen LogP contribution in [0, 0.1) is 5.41 Å². The summed E-state index contributed by atoms with van der Waals surface area (Å²) in [6.45, 7) is 6.82. The van der Waals surface area contributed by atoms with E-state index in [4.69, 9.17) is 9.47 Å². The number of hydrogen-bond acceptors (Lipinski definition) is 5. The highest BCUT2D eigenvalue weighted by molar-refractivity contribution is 5.78. The number of hydrogen-bond donors (Lipinski definition) is 3. The molecule has 3 atom stereocenters. The number of amides is 2. The molecule has 0 heterocycles. The smallest absolute Gasteiger partial charge is 0.408 e. The van der Waals surface area contributed by atoms with Crippen molar-refractivity contribution in [3.63, 3.8) is 0 Å². The van der Waals surface area contributed by atoms with E-state index in [9.17, 15) is 19.5 Å². The molecular formula is C21H28N2O6. The maximum atomic E-state index is 12.2. The molecule has 1 aliphatic carbocycles. The number of ether oxygens (including phenoxy) is 2. The van der Waals surface area contributed by atoms with Gasteiger partial charge in [-0.3, -0.25) is 4.79 Å². The van der Waals surface area contributed by atoms with Gasteiger partial charge in [0.2, 0.25) is 0 Å². The first-order chi connectivity index (χ1) is 13.5. The molecule has 8 heteroatoms. The highest BCUT2D eigenvalue weighted by atomic mass is 16.6. The van der Waals surface area contributed by atoms with Gasteiger partial charge >= 0.3 is 18.2 Å². The van der Waals surface area contributed by atoms with Gasteiger partial charge in [0, 0.05) is 0 Å². The van der Waals surface area contributed by atoms with Gasteiger partial charge in [-0.15, -0.1) is 0 Å². The van der Waals surface area contributed by atoms with Gasteiger partial charge in [0.1, 0.15) is 12.2 Å². The van der Waals surface area contributed by atoms with Crippen LogP contribution in [0.3, 0.4) is 0 Å². The quantitative estimate of drug-likeness (QED) is 0.649. The van der Waals surface area contributed by atoms with Crippen molar-refractivity contribution in [3.05, 3.63) is 48.0 Å². The van der Waals surface area contributed by atoms with Gasteiger partial charge in [-0.1, -0.05) is 42.5 Å². The first kappa shape index (κ1) is 22.3. The second-order valence-electron chi connectivity index (χ2n) is 8.25. The Morgan fingerprint density at radius 1 is 1.10 bits per heavy atom. The second kappa shape index (κ2) is 8.98. The summed E-state index contributed by atoms with van der Waals surface area (Å²) in [5.74, 6) is -1.09. The number of carbonyl (C=O) groups is 3. The summed E-state index contributed by atoms with van der Waals surface area (Å²) < 4.78 is 10.4. The molecule has 0 bridgehead atoms. The van der Waals surface area contributed by atoms with Crippen molar-refractivity contribution in [1.82, 2.24) is 10.6 Å². The van der Waals surface area contributed by atoms with Crippen LogP contribution in [0.4, 0.5) is 9.59 Å². The number of carboxylic acid groups (broad SMARTS) is 1. The van der Waals surface area contributed by atoms with Crippen molar-refractivity contribution in [2.45, 2.75) is 58.4 Å². The minimum atomic E-state index is -1.33. The second-order valence-corrected chi connectivity index (χ2v) is 8.25. The standard InChI is InChI=1S/C21H28N2O6/c1-20(2,3)29-19(27)22-15-10-11-16(21(4,12-15)17(24)25)23-18(26)28-13-14-8-6-5-7-9-14/h5-11,15-16H,12-13H2,1-4H3,(H,22,27)(H,23,26)(H,24,25)/t15-,16-,21+/m1/s1. The number of rotatable bonds is 5. The van der Waals surface area contributed by atoms with Crippen molar-refractivity contribution >= 4 is 18.2 Å². The van der Waals surface area contributed by atoms with Crippen molar-refractivity contribution in [1.29, 1.82) is 0 Å². The molecule has 2 amide bonds. The zero-order valence-corrected chi connectivity index (χ0v) is 17.1. The SMILES string of the molecule is CC(C)(C)OC(=O)N[C@@H]1C=C[C@@H](NC(=O)OCc2ccccc2)[C@@](C)(C(=O)O)C1. The summed E-state index contributed by atoms with van der Waals surface area (Å²) in [5, 5.41) is 15.0. The topological polar surface area (TPSA) is 114 Å². The third-order valence-electron chi connectivity index (χ3n) is 4.54. The molecule has 0 radical (unpaired) electrons. The molecule has 3 N–H and O–H groups in total. The number of aliphatic carboxylic acids is 1. The van der Waals surface area contributed by atoms with E-state index in [1.165, 1.54) is 6.92 Å². The maximum absolute atomic E-state index is 12.2. The lowest BCUT2D eigenvalue weighted by molar-refractivity contribution is -0.149. The van der Waals surface area contributed by atoms with Crippen LogP contribution in [-0.4, -0.2) is 40.9 Å². The lowest BCUT2D eigenvalue weighted by atomic mass is 9.73. The van der Waals surface area contributed by atoms with Gasteiger partial charge in [0.15, 0.2) is 0 Å². The number of alkyl carbamates (subject to hydrolysis) is 2. The van der Waals surface area contributed by atoms with Gasteiger partial charge in [-0.2, -0.15) is 0 Å². The van der Waals surface area contributed by atoms with Crippen LogP contribution in [0.2, 0.25) is 0 Å². The lowest BCUT2D eigenvalue weighted by Crippen LogP contribution is -2.55. The average Bonchev–Trinajstić information content (AvgIpc) is 2.61. The average molecular weight is 404 g/mol. The molecule has 1 aliphatic rings. The Bertz CT molecular complexity index is 771. The third-order valence-corrected chi connectivity index (χ3v) is 4.54. The fourth-order valence-corrected chi connectivity index (χ4v) is 2.99. The van der Waals surface area contributed by atoms with Crippen LogP contribution in [0.25, 0.3) is 0 Å². The molecule has 0 aliphatic heterocycles. The summed E-state index contributed by atoms with van der Waals surface area (Å²) in [5.41, 5.74) is -1.17. The zero-order valence-electron chi connectivity index (χ0n) is 17.1. The molecule has 1 aromatic rings. The summed E-state index contributed by atoms with van der Waals surface area (Å²) in [6.07, 6.45) is 1.95. The molecule has 158 valence electrons. The number of benzene rings is 1. The fourth-order valence-electron chi connectivity index (χ4n) is 2.99. The van der Waals surface area contributed by atoms with E-state index >= 15 is 0 Å². The van der Waals surface area contributed by atoms with Crippen molar-refractivity contribution in [2.24, 2.45) is 5.41 Å². The first-order valence-electron chi connectivity index (χ1n) is 9.38. The molecule has 0 aromatic heterocycles. The Labute approximate surface area is 170 Å². The van der Waals surface area contributed by atoms with Crippen LogP contribution in [0.15, 0.2) is 42.5 Å². The predicted octanol–water partition coefficient (Wildman–Crippen LogP) is 3.23. The fraction of sp³-hybridized carbons (Fsp3) is 0.476. The van der Waals surface area contributed by atoms with Crippen LogP contribution < -0.4 is 10.6 Å². The molecule has 29 heavy (non-hydrogen) atoms. The Balaban J connectivity index is 2.00. The van der Waals surface area contributed by atoms with Gasteiger partial charge in [-0.25, -0.2) is 9.59 Å². The summed E-state index contributed by atoms with van der Waals surface area (Å²) in [4.78, 5) is 36.1. The van der Waals surface area contributed by atoms with Crippen molar-refractivity contribution in [3.8, 4) is 0 Å². The van der Waals surface area contributed by atoms with E-state index in [1.54, 1.807) is 32.9 Å². The third kappa shape index (κ3) is 6.51. The predicted molar refractivity (Wildman–Crippen MR) is 106 cm³/mol. The molecule has 2 rings (SSSR count). The Kier molecular flexibility index (Phi) is 6.89. The van der Waals surface area contributed by atoms with Gasteiger partial charge in [-0.05, 0) is 39.7 Å². The van der Waals surface area contributed by atoms with Gasteiger partial charge in [0.25, 0.3) is 0 Å². The van der Waals surface area contributed by atoms with Crippen molar-refractivity contribution < 1.29 is 29.0 Å². The van der Waals surface area contributed by atoms with Gasteiger partial charge in [0.05, 0.1) is 17.5 Å². The Morgan fingerprint density at radius 3 is 2.34 bits per heavy atom. The van der Waals surface area contributed by atoms with E-state index in [-0.39, 0.29) is 13.0 Å². The van der Waals surface area contributed by atoms with Crippen LogP contribution >= 0.6 is 0 Å². The van der Waals surface area contributed by atoms with Crippen LogP contribution in [0.5, 0.6) is 0 Å². The lowest BCUT2D eigenvalue weighted by Gasteiger charge is -2.38. The largest absolute Gasteiger partial charge is 0.481 e. The normalized spacial score (nSPS) is 23.7. The van der Waals surface area contributed by atoms with E-state index in [2.05, 4.69) is 10.6 Å². The molecule has 8 nitrogen and oxygen atoms in total. The molecule has 0 saturated heterocycles. The maximum Gasteiger partial charge on any atom is 0.408 e. The zero-order chi connectivity index (χ0) is 21.7. The van der Waals surface area contributed by atoms with Crippen LogP contribution in [-0.2, 0) is 20.9 Å². The molecule has 0 saturated carbocycles. The van der Waals surface area contributed by atoms with E-state index in [0.29, 0.717) is 0 Å². The summed E-state index contributed by atoms with van der Waals surface area (Å²) in [6, 6.07) is 7.84. The summed E-state index contributed by atoms with van der Waals surface area (Å²) >= 11 is 0. The molecule has 0 spiro atoms. The first-order valence-corrected chi connectivity index (χ1v) is 9.38. The van der Waals surface area contributed by atoms with E-state index in [1.807, 2.05) is 30.3 Å². The number of nitrogens with one attached hydrogen (secondary N) is 2. The molecular weight excluding hydrogens is 376 g/mol. The highest BCUT2D eigenvalue weighted by Crippen LogP contribution is 2.33. The minimum Gasteiger partial charge on any atom is -0.481 e. The van der Waals surface area contributed by atoms with E-state index in [0.717, 1.165) is 5.56 Å². The Hall–Kier alpha value is -3.03.